The molecule has 0 aromatic heterocycles. The zero-order valence-electron chi connectivity index (χ0n) is 10.2. The zero-order chi connectivity index (χ0) is 11.3. The average molecular weight is 203 g/mol. The molecule has 0 fully saturated rings. The summed E-state index contributed by atoms with van der Waals surface area (Å²) < 4.78 is 0. The minimum absolute atomic E-state index is 0.454. The van der Waals surface area contributed by atoms with Crippen LogP contribution in [-0.2, 0) is 0 Å². The number of hydrogen-bond acceptors (Lipinski definition) is 1. The van der Waals surface area contributed by atoms with Gasteiger partial charge >= 0.3 is 0 Å². The Balaban J connectivity index is 2.78. The van der Waals surface area contributed by atoms with Crippen LogP contribution in [0.25, 0.3) is 6.08 Å². The first-order valence-electron chi connectivity index (χ1n) is 5.61. The zero-order valence-corrected chi connectivity index (χ0v) is 10.2. The van der Waals surface area contributed by atoms with Crippen molar-refractivity contribution in [2.24, 2.45) is 0 Å². The molecule has 0 heterocycles. The molecule has 1 N–H and O–H groups in total. The fraction of sp³-hybridized carbons (Fsp3) is 0.429. The van der Waals surface area contributed by atoms with Crippen LogP contribution in [0.1, 0.15) is 31.9 Å². The number of hydrogen-bond donors (Lipinski definition) is 1. The van der Waals surface area contributed by atoms with E-state index in [-0.39, 0.29) is 0 Å². The maximum Gasteiger partial charge on any atom is 0.0251 e. The van der Waals surface area contributed by atoms with Crippen LogP contribution in [0.4, 0.5) is 0 Å². The van der Waals surface area contributed by atoms with E-state index in [0.717, 1.165) is 6.54 Å². The highest BCUT2D eigenvalue weighted by Crippen LogP contribution is 2.11. The maximum atomic E-state index is 3.41. The summed E-state index contributed by atoms with van der Waals surface area (Å²) in [5.74, 6) is 0. The Morgan fingerprint density at radius 1 is 1.47 bits per heavy atom. The molecule has 0 aliphatic heterocycles. The third kappa shape index (κ3) is 3.88. The summed E-state index contributed by atoms with van der Waals surface area (Å²) in [7, 11) is 0. The number of rotatable bonds is 4. The van der Waals surface area contributed by atoms with E-state index in [4.69, 9.17) is 0 Å². The van der Waals surface area contributed by atoms with Gasteiger partial charge < -0.3 is 5.32 Å². The van der Waals surface area contributed by atoms with Crippen LogP contribution in [0.3, 0.4) is 0 Å². The van der Waals surface area contributed by atoms with Crippen molar-refractivity contribution >= 4 is 6.08 Å². The number of likely N-dealkylation sites (N-methyl/N-ethyl adjacent to an activating group) is 1. The van der Waals surface area contributed by atoms with Crippen molar-refractivity contribution in [2.45, 2.75) is 33.7 Å². The Bertz CT molecular complexity index is 339. The van der Waals surface area contributed by atoms with Crippen molar-refractivity contribution < 1.29 is 0 Å². The van der Waals surface area contributed by atoms with E-state index < -0.39 is 0 Å². The Morgan fingerprint density at radius 3 is 2.80 bits per heavy atom. The van der Waals surface area contributed by atoms with E-state index in [9.17, 15) is 0 Å². The fourth-order valence-corrected chi connectivity index (χ4v) is 1.61. The highest BCUT2D eigenvalue weighted by Gasteiger charge is 2.01. The van der Waals surface area contributed by atoms with E-state index >= 15 is 0 Å². The molecule has 1 nitrogen and oxygen atoms in total. The van der Waals surface area contributed by atoms with Crippen molar-refractivity contribution in [3.05, 3.63) is 41.0 Å². The first-order chi connectivity index (χ1) is 7.13. The van der Waals surface area contributed by atoms with Crippen molar-refractivity contribution in [1.82, 2.24) is 5.32 Å². The smallest absolute Gasteiger partial charge is 0.0251 e. The average Bonchev–Trinajstić information content (AvgIpc) is 2.18. The highest BCUT2D eigenvalue weighted by molar-refractivity contribution is 5.54. The number of benzene rings is 1. The van der Waals surface area contributed by atoms with Gasteiger partial charge in [0.1, 0.15) is 0 Å². The van der Waals surface area contributed by atoms with E-state index in [1.807, 2.05) is 0 Å². The van der Waals surface area contributed by atoms with Gasteiger partial charge in [0.2, 0.25) is 0 Å². The summed E-state index contributed by atoms with van der Waals surface area (Å²) in [5, 5.41) is 3.41. The van der Waals surface area contributed by atoms with Crippen LogP contribution in [0, 0.1) is 6.92 Å². The van der Waals surface area contributed by atoms with Crippen LogP contribution in [0.15, 0.2) is 29.8 Å². The van der Waals surface area contributed by atoms with Crippen LogP contribution in [0.5, 0.6) is 0 Å². The summed E-state index contributed by atoms with van der Waals surface area (Å²) in [6.45, 7) is 9.65. The Kier molecular flexibility index (Phi) is 4.57. The molecule has 0 radical (unpaired) electrons. The minimum Gasteiger partial charge on any atom is -0.311 e. The van der Waals surface area contributed by atoms with Gasteiger partial charge in [-0.15, -0.1) is 0 Å². The third-order valence-corrected chi connectivity index (χ3v) is 2.63. The van der Waals surface area contributed by atoms with E-state index in [1.165, 1.54) is 16.7 Å². The van der Waals surface area contributed by atoms with E-state index in [0.29, 0.717) is 6.04 Å². The van der Waals surface area contributed by atoms with E-state index in [1.54, 1.807) is 0 Å². The molecular weight excluding hydrogens is 182 g/mol. The number of aryl methyl sites for hydroxylation is 1. The van der Waals surface area contributed by atoms with Crippen LogP contribution in [-0.4, -0.2) is 12.6 Å². The molecule has 0 aliphatic rings. The van der Waals surface area contributed by atoms with Gasteiger partial charge in [-0.3, -0.25) is 0 Å². The summed E-state index contributed by atoms with van der Waals surface area (Å²) in [6.07, 6.45) is 2.25. The molecule has 82 valence electrons. The fourth-order valence-electron chi connectivity index (χ4n) is 1.61. The van der Waals surface area contributed by atoms with Gasteiger partial charge in [-0.2, -0.15) is 0 Å². The second kappa shape index (κ2) is 5.72. The first kappa shape index (κ1) is 12.0. The lowest BCUT2D eigenvalue weighted by atomic mass is 10.1. The lowest BCUT2D eigenvalue weighted by Crippen LogP contribution is -2.26. The molecule has 0 bridgehead atoms. The molecule has 1 unspecified atom stereocenters. The maximum absolute atomic E-state index is 3.41. The molecule has 0 aliphatic carbocycles. The van der Waals surface area contributed by atoms with Gasteiger partial charge in [-0.25, -0.2) is 0 Å². The van der Waals surface area contributed by atoms with Gasteiger partial charge in [0.05, 0.1) is 0 Å². The monoisotopic (exact) mass is 203 g/mol. The van der Waals surface area contributed by atoms with Crippen LogP contribution < -0.4 is 5.32 Å². The number of nitrogens with one attached hydrogen (secondary N) is 1. The normalized spacial score (nSPS) is 14.0. The largest absolute Gasteiger partial charge is 0.311 e. The lowest BCUT2D eigenvalue weighted by Gasteiger charge is -2.13. The van der Waals surface area contributed by atoms with Gasteiger partial charge in [-0.05, 0) is 32.9 Å². The first-order valence-corrected chi connectivity index (χ1v) is 5.61. The third-order valence-electron chi connectivity index (χ3n) is 2.63. The van der Waals surface area contributed by atoms with Crippen LogP contribution in [0.2, 0.25) is 0 Å². The highest BCUT2D eigenvalue weighted by atomic mass is 14.9. The van der Waals surface area contributed by atoms with Crippen molar-refractivity contribution in [3.8, 4) is 0 Å². The Hall–Kier alpha value is -1.08. The molecule has 1 rings (SSSR count). The molecule has 1 aromatic carbocycles. The second-order valence-corrected chi connectivity index (χ2v) is 4.08. The van der Waals surface area contributed by atoms with Crippen molar-refractivity contribution in [3.63, 3.8) is 0 Å². The molecule has 1 heteroatoms. The molecule has 15 heavy (non-hydrogen) atoms. The lowest BCUT2D eigenvalue weighted by molar-refractivity contribution is 0.636. The summed E-state index contributed by atoms with van der Waals surface area (Å²) in [6, 6.07) is 9.04. The quantitative estimate of drug-likeness (QED) is 0.791. The predicted octanol–water partition coefficient (Wildman–Crippen LogP) is 3.40. The molecule has 0 saturated heterocycles. The Labute approximate surface area is 93.2 Å². The molecule has 1 atom stereocenters. The van der Waals surface area contributed by atoms with Gasteiger partial charge in [0.15, 0.2) is 0 Å². The van der Waals surface area contributed by atoms with Gasteiger partial charge in [-0.1, -0.05) is 48.4 Å². The van der Waals surface area contributed by atoms with Crippen LogP contribution >= 0.6 is 0 Å². The summed E-state index contributed by atoms with van der Waals surface area (Å²) in [4.78, 5) is 0. The van der Waals surface area contributed by atoms with Gasteiger partial charge in [0.25, 0.3) is 0 Å². The van der Waals surface area contributed by atoms with E-state index in [2.05, 4.69) is 63.4 Å². The minimum atomic E-state index is 0.454. The topological polar surface area (TPSA) is 12.0 Å². The van der Waals surface area contributed by atoms with Gasteiger partial charge in [0, 0.05) is 6.04 Å². The molecule has 0 amide bonds. The molecule has 1 aromatic rings. The Morgan fingerprint density at radius 2 is 2.20 bits per heavy atom. The summed E-state index contributed by atoms with van der Waals surface area (Å²) >= 11 is 0. The second-order valence-electron chi connectivity index (χ2n) is 4.08. The summed E-state index contributed by atoms with van der Waals surface area (Å²) in [5.41, 5.74) is 3.98. The SMILES string of the molecule is CCNC(C)/C(C)=C/c1cccc(C)c1. The standard InChI is InChI=1S/C14H21N/c1-5-15-13(4)12(3)10-14-8-6-7-11(2)9-14/h6-10,13,15H,5H2,1-4H3/b12-10+. The molecule has 0 spiro atoms. The molecule has 0 saturated carbocycles. The molecular formula is C14H21N. The predicted molar refractivity (Wildman–Crippen MR) is 68.0 cm³/mol. The van der Waals surface area contributed by atoms with Crippen molar-refractivity contribution in [2.75, 3.05) is 6.54 Å². The van der Waals surface area contributed by atoms with Crippen molar-refractivity contribution in [1.29, 1.82) is 0 Å².